The highest BCUT2D eigenvalue weighted by molar-refractivity contribution is 5.73. The van der Waals surface area contributed by atoms with Gasteiger partial charge in [0.2, 0.25) is 0 Å². The minimum absolute atomic E-state index is 0.107. The molecule has 7 heteroatoms. The molecule has 0 amide bonds. The number of rotatable bonds is 3. The molecule has 0 saturated heterocycles. The second-order valence-corrected chi connectivity index (χ2v) is 7.15. The van der Waals surface area contributed by atoms with Crippen LogP contribution in [0.15, 0.2) is 65.8 Å². The van der Waals surface area contributed by atoms with Crippen LogP contribution in [0.2, 0.25) is 0 Å². The second-order valence-electron chi connectivity index (χ2n) is 7.15. The fourth-order valence-electron chi connectivity index (χ4n) is 3.64. The maximum absolute atomic E-state index is 14.8. The quantitative estimate of drug-likeness (QED) is 0.562. The molecule has 4 aromatic rings. The smallest absolute Gasteiger partial charge is 0.263 e. The van der Waals surface area contributed by atoms with Crippen LogP contribution in [-0.4, -0.2) is 14.5 Å². The van der Waals surface area contributed by atoms with E-state index < -0.39 is 0 Å². The third kappa shape index (κ3) is 3.05. The molecule has 2 aromatic heterocycles. The number of fused-ring (bicyclic) bond motifs is 2. The molecular weight excluding hydrogens is 369 g/mol. The molecule has 0 bridgehead atoms. The average molecular weight is 387 g/mol. The first-order valence-electron chi connectivity index (χ1n) is 9.34. The standard InChI is InChI=1S/C22H18FN5O/c1-13-17-7-6-15(10-20(17)27-26-13)14-4-5-16(19(23)9-14)11-28-12-25-21-18(22(28)29)3-2-8-24-21/h2-10,12-13,26-27H,11H2,1H3. The number of pyridine rings is 1. The summed E-state index contributed by atoms with van der Waals surface area (Å²) in [7, 11) is 0. The molecular formula is C22H18FN5O. The summed E-state index contributed by atoms with van der Waals surface area (Å²) in [5.41, 5.74) is 10.8. The Morgan fingerprint density at radius 3 is 2.79 bits per heavy atom. The number of hydrogen-bond acceptors (Lipinski definition) is 5. The molecule has 0 fully saturated rings. The zero-order valence-corrected chi connectivity index (χ0v) is 15.7. The lowest BCUT2D eigenvalue weighted by atomic mass is 9.99. The fraction of sp³-hybridized carbons (Fsp3) is 0.136. The molecule has 0 radical (unpaired) electrons. The summed E-state index contributed by atoms with van der Waals surface area (Å²) in [6.07, 6.45) is 2.99. The van der Waals surface area contributed by atoms with E-state index in [1.165, 1.54) is 22.5 Å². The Bertz CT molecular complexity index is 1300. The lowest BCUT2D eigenvalue weighted by Crippen LogP contribution is -2.21. The van der Waals surface area contributed by atoms with Crippen LogP contribution in [0.5, 0.6) is 0 Å². The average Bonchev–Trinajstić information content (AvgIpc) is 3.12. The molecule has 3 heterocycles. The van der Waals surface area contributed by atoms with Crippen molar-refractivity contribution in [3.63, 3.8) is 0 Å². The van der Waals surface area contributed by atoms with Crippen molar-refractivity contribution in [3.05, 3.63) is 88.4 Å². The Morgan fingerprint density at radius 1 is 1.10 bits per heavy atom. The maximum Gasteiger partial charge on any atom is 0.263 e. The first-order chi connectivity index (χ1) is 14.1. The van der Waals surface area contributed by atoms with Crippen LogP contribution in [0.25, 0.3) is 22.2 Å². The van der Waals surface area contributed by atoms with Crippen molar-refractivity contribution < 1.29 is 4.39 Å². The Morgan fingerprint density at radius 2 is 1.93 bits per heavy atom. The Hall–Kier alpha value is -3.58. The minimum Gasteiger partial charge on any atom is -0.321 e. The van der Waals surface area contributed by atoms with E-state index in [4.69, 9.17) is 0 Å². The number of aromatic nitrogens is 3. The van der Waals surface area contributed by atoms with Gasteiger partial charge in [0.25, 0.3) is 5.56 Å². The molecule has 1 aliphatic rings. The summed E-state index contributed by atoms with van der Waals surface area (Å²) < 4.78 is 16.2. The van der Waals surface area contributed by atoms with Gasteiger partial charge in [-0.1, -0.05) is 24.3 Å². The van der Waals surface area contributed by atoms with E-state index in [0.717, 1.165) is 16.8 Å². The molecule has 6 nitrogen and oxygen atoms in total. The summed E-state index contributed by atoms with van der Waals surface area (Å²) in [6, 6.07) is 14.7. The van der Waals surface area contributed by atoms with Crippen LogP contribution < -0.4 is 16.4 Å². The number of nitrogens with zero attached hydrogens (tertiary/aromatic N) is 3. The van der Waals surface area contributed by atoms with Gasteiger partial charge >= 0.3 is 0 Å². The van der Waals surface area contributed by atoms with Crippen LogP contribution >= 0.6 is 0 Å². The van der Waals surface area contributed by atoms with Gasteiger partial charge in [0, 0.05) is 11.8 Å². The van der Waals surface area contributed by atoms with Crippen molar-refractivity contribution >= 4 is 16.7 Å². The Kier molecular flexibility index (Phi) is 4.10. The van der Waals surface area contributed by atoms with Gasteiger partial charge in [-0.15, -0.1) is 0 Å². The first-order valence-corrected chi connectivity index (χ1v) is 9.34. The third-order valence-corrected chi connectivity index (χ3v) is 5.27. The van der Waals surface area contributed by atoms with Crippen molar-refractivity contribution in [1.82, 2.24) is 20.0 Å². The van der Waals surface area contributed by atoms with Gasteiger partial charge in [0.15, 0.2) is 5.65 Å². The minimum atomic E-state index is -0.361. The number of benzene rings is 2. The van der Waals surface area contributed by atoms with Crippen molar-refractivity contribution in [2.45, 2.75) is 19.5 Å². The van der Waals surface area contributed by atoms with Gasteiger partial charge in [0.05, 0.1) is 23.7 Å². The van der Waals surface area contributed by atoms with E-state index >= 15 is 0 Å². The monoisotopic (exact) mass is 387 g/mol. The summed E-state index contributed by atoms with van der Waals surface area (Å²) in [5, 5.41) is 0.417. The Balaban J connectivity index is 1.46. The summed E-state index contributed by atoms with van der Waals surface area (Å²) in [4.78, 5) is 20.9. The van der Waals surface area contributed by atoms with Gasteiger partial charge in [-0.05, 0) is 47.9 Å². The largest absolute Gasteiger partial charge is 0.321 e. The molecule has 1 atom stereocenters. The van der Waals surface area contributed by atoms with Crippen LogP contribution in [0.1, 0.15) is 24.1 Å². The molecule has 0 aliphatic carbocycles. The molecule has 1 unspecified atom stereocenters. The van der Waals surface area contributed by atoms with Gasteiger partial charge in [-0.25, -0.2) is 19.8 Å². The maximum atomic E-state index is 14.8. The van der Waals surface area contributed by atoms with Crippen LogP contribution in [0, 0.1) is 5.82 Å². The van der Waals surface area contributed by atoms with Crippen molar-refractivity contribution in [3.8, 4) is 11.1 Å². The lowest BCUT2D eigenvalue weighted by Gasteiger charge is -2.10. The molecule has 2 aromatic carbocycles. The summed E-state index contributed by atoms with van der Waals surface area (Å²) in [5.74, 6) is -0.361. The van der Waals surface area contributed by atoms with E-state index in [0.29, 0.717) is 16.6 Å². The van der Waals surface area contributed by atoms with Crippen LogP contribution in [0.3, 0.4) is 0 Å². The highest BCUT2D eigenvalue weighted by Crippen LogP contribution is 2.32. The molecule has 29 heavy (non-hydrogen) atoms. The van der Waals surface area contributed by atoms with E-state index in [1.54, 1.807) is 24.4 Å². The first kappa shape index (κ1) is 17.5. The van der Waals surface area contributed by atoms with Crippen molar-refractivity contribution in [1.29, 1.82) is 0 Å². The van der Waals surface area contributed by atoms with Crippen molar-refractivity contribution in [2.24, 2.45) is 0 Å². The number of hydrogen-bond donors (Lipinski definition) is 2. The van der Waals surface area contributed by atoms with E-state index in [-0.39, 0.29) is 24.0 Å². The second kappa shape index (κ2) is 6.79. The highest BCUT2D eigenvalue weighted by Gasteiger charge is 2.18. The Labute approximate surface area is 166 Å². The van der Waals surface area contributed by atoms with E-state index in [1.807, 2.05) is 24.3 Å². The number of halogens is 1. The molecule has 144 valence electrons. The predicted octanol–water partition coefficient (Wildman–Crippen LogP) is 3.64. The normalized spacial score (nSPS) is 15.3. The zero-order chi connectivity index (χ0) is 20.0. The van der Waals surface area contributed by atoms with Gasteiger partial charge in [-0.3, -0.25) is 9.36 Å². The summed E-state index contributed by atoms with van der Waals surface area (Å²) >= 11 is 0. The van der Waals surface area contributed by atoms with Gasteiger partial charge < -0.3 is 5.43 Å². The van der Waals surface area contributed by atoms with Gasteiger partial charge in [-0.2, -0.15) is 0 Å². The zero-order valence-electron chi connectivity index (χ0n) is 15.7. The lowest BCUT2D eigenvalue weighted by molar-refractivity contribution is 0.595. The molecule has 0 spiro atoms. The fourth-order valence-corrected chi connectivity index (χ4v) is 3.64. The number of anilines is 1. The van der Waals surface area contributed by atoms with E-state index in [9.17, 15) is 9.18 Å². The third-order valence-electron chi connectivity index (χ3n) is 5.27. The van der Waals surface area contributed by atoms with Crippen molar-refractivity contribution in [2.75, 3.05) is 5.43 Å². The highest BCUT2D eigenvalue weighted by atomic mass is 19.1. The molecule has 5 rings (SSSR count). The van der Waals surface area contributed by atoms with E-state index in [2.05, 4.69) is 27.7 Å². The topological polar surface area (TPSA) is 71.8 Å². The van der Waals surface area contributed by atoms with Crippen LogP contribution in [-0.2, 0) is 6.54 Å². The predicted molar refractivity (Wildman–Crippen MR) is 110 cm³/mol. The molecule has 1 aliphatic heterocycles. The molecule has 0 saturated carbocycles. The number of hydrazine groups is 1. The SMILES string of the molecule is CC1NNc2cc(-c3ccc(Cn4cnc5ncccc5c4=O)c(F)c3)ccc21. The van der Waals surface area contributed by atoms with Crippen LogP contribution in [0.4, 0.5) is 10.1 Å². The molecule has 2 N–H and O–H groups in total. The summed E-state index contributed by atoms with van der Waals surface area (Å²) in [6.45, 7) is 2.18. The number of nitrogens with one attached hydrogen (secondary N) is 2. The van der Waals surface area contributed by atoms with Gasteiger partial charge in [0.1, 0.15) is 12.1 Å².